The number of hydrogen-bond donors (Lipinski definition) is 1. The molecule has 0 saturated carbocycles. The van der Waals surface area contributed by atoms with Gasteiger partial charge in [0.2, 0.25) is 0 Å². The van der Waals surface area contributed by atoms with E-state index in [2.05, 4.69) is 29.6 Å². The van der Waals surface area contributed by atoms with Crippen LogP contribution >= 0.6 is 0 Å². The summed E-state index contributed by atoms with van der Waals surface area (Å²) in [5.41, 5.74) is 1.25. The predicted molar refractivity (Wildman–Crippen MR) is 67.6 cm³/mol. The number of piperidine rings is 1. The molecule has 86 valence electrons. The number of allylic oxidation sites excluding steroid dienone is 1. The highest BCUT2D eigenvalue weighted by molar-refractivity contribution is 5.50. The van der Waals surface area contributed by atoms with Crippen LogP contribution in [0, 0.1) is 5.92 Å². The Morgan fingerprint density at radius 2 is 1.88 bits per heavy atom. The molecule has 0 unspecified atom stereocenters. The quantitative estimate of drug-likeness (QED) is 0.840. The van der Waals surface area contributed by atoms with Gasteiger partial charge in [-0.1, -0.05) is 24.3 Å². The highest BCUT2D eigenvalue weighted by Gasteiger charge is 2.08. The van der Waals surface area contributed by atoms with Crippen molar-refractivity contribution in [2.24, 2.45) is 5.92 Å². The average molecular weight is 217 g/mol. The second-order valence-electron chi connectivity index (χ2n) is 4.22. The molecule has 1 N–H and O–H groups in total. The molecule has 2 nitrogen and oxygen atoms in total. The van der Waals surface area contributed by atoms with E-state index in [1.807, 2.05) is 12.1 Å². The fourth-order valence-electron chi connectivity index (χ4n) is 2.00. The van der Waals surface area contributed by atoms with Crippen molar-refractivity contribution < 1.29 is 4.74 Å². The fourth-order valence-corrected chi connectivity index (χ4v) is 2.00. The normalized spacial score (nSPS) is 17.8. The predicted octanol–water partition coefficient (Wildman–Crippen LogP) is 2.71. The summed E-state index contributed by atoms with van der Waals surface area (Å²) in [5.74, 6) is 1.65. The van der Waals surface area contributed by atoms with Gasteiger partial charge in [0.1, 0.15) is 5.75 Å². The zero-order chi connectivity index (χ0) is 11.2. The molecule has 1 aromatic rings. The van der Waals surface area contributed by atoms with Gasteiger partial charge in [-0.15, -0.1) is 0 Å². The van der Waals surface area contributed by atoms with E-state index in [-0.39, 0.29) is 0 Å². The molecule has 1 heterocycles. The zero-order valence-corrected chi connectivity index (χ0v) is 9.78. The Morgan fingerprint density at radius 1 is 1.19 bits per heavy atom. The van der Waals surface area contributed by atoms with Gasteiger partial charge in [0.15, 0.2) is 0 Å². The Kier molecular flexibility index (Phi) is 4.00. The number of hydrogen-bond acceptors (Lipinski definition) is 2. The van der Waals surface area contributed by atoms with E-state index in [1.54, 1.807) is 7.11 Å². The lowest BCUT2D eigenvalue weighted by Gasteiger charge is -2.19. The highest BCUT2D eigenvalue weighted by atomic mass is 16.5. The minimum absolute atomic E-state index is 0.739. The molecule has 1 aliphatic rings. The second kappa shape index (κ2) is 5.71. The van der Waals surface area contributed by atoms with Gasteiger partial charge in [0, 0.05) is 0 Å². The Bertz CT molecular complexity index is 336. The van der Waals surface area contributed by atoms with Crippen molar-refractivity contribution in [3.63, 3.8) is 0 Å². The van der Waals surface area contributed by atoms with E-state index in [0.29, 0.717) is 0 Å². The first-order chi connectivity index (χ1) is 7.88. The van der Waals surface area contributed by atoms with Gasteiger partial charge >= 0.3 is 0 Å². The second-order valence-corrected chi connectivity index (χ2v) is 4.22. The van der Waals surface area contributed by atoms with Gasteiger partial charge < -0.3 is 10.1 Å². The van der Waals surface area contributed by atoms with E-state index in [4.69, 9.17) is 4.74 Å². The maximum absolute atomic E-state index is 5.13. The molecule has 0 aromatic heterocycles. The van der Waals surface area contributed by atoms with Crippen molar-refractivity contribution in [2.45, 2.75) is 12.8 Å². The van der Waals surface area contributed by atoms with Crippen molar-refractivity contribution in [3.05, 3.63) is 35.9 Å². The van der Waals surface area contributed by atoms with Crippen LogP contribution in [0.4, 0.5) is 0 Å². The summed E-state index contributed by atoms with van der Waals surface area (Å²) in [6.45, 7) is 2.30. The van der Waals surface area contributed by atoms with Crippen LogP contribution in [0.5, 0.6) is 5.75 Å². The Balaban J connectivity index is 1.94. The molecule has 0 aliphatic carbocycles. The molecule has 0 atom stereocenters. The topological polar surface area (TPSA) is 21.3 Å². The summed E-state index contributed by atoms with van der Waals surface area (Å²) >= 11 is 0. The van der Waals surface area contributed by atoms with E-state index in [1.165, 1.54) is 18.4 Å². The van der Waals surface area contributed by atoms with Crippen molar-refractivity contribution >= 4 is 6.08 Å². The number of rotatable bonds is 3. The molecule has 2 heteroatoms. The first kappa shape index (κ1) is 11.2. The van der Waals surface area contributed by atoms with E-state index >= 15 is 0 Å². The lowest BCUT2D eigenvalue weighted by atomic mass is 9.97. The van der Waals surface area contributed by atoms with Gasteiger partial charge in [0.25, 0.3) is 0 Å². The van der Waals surface area contributed by atoms with Crippen molar-refractivity contribution in [2.75, 3.05) is 20.2 Å². The molecule has 16 heavy (non-hydrogen) atoms. The molecule has 0 spiro atoms. The third kappa shape index (κ3) is 3.11. The van der Waals surface area contributed by atoms with Crippen LogP contribution in [0.3, 0.4) is 0 Å². The van der Waals surface area contributed by atoms with Crippen LogP contribution in [0.25, 0.3) is 6.08 Å². The molecule has 1 saturated heterocycles. The molecule has 0 amide bonds. The maximum atomic E-state index is 5.13. The zero-order valence-electron chi connectivity index (χ0n) is 9.78. The number of ether oxygens (including phenoxy) is 1. The van der Waals surface area contributed by atoms with E-state index in [9.17, 15) is 0 Å². The van der Waals surface area contributed by atoms with Gasteiger partial charge in [-0.05, 0) is 49.5 Å². The summed E-state index contributed by atoms with van der Waals surface area (Å²) in [6.07, 6.45) is 7.07. The van der Waals surface area contributed by atoms with Crippen LogP contribution < -0.4 is 10.1 Å². The summed E-state index contributed by atoms with van der Waals surface area (Å²) in [7, 11) is 1.69. The lowest BCUT2D eigenvalue weighted by Crippen LogP contribution is -2.26. The van der Waals surface area contributed by atoms with Crippen LogP contribution in [0.1, 0.15) is 18.4 Å². The SMILES string of the molecule is COc1ccc(C=CC2CCNCC2)cc1. The molecule has 0 radical (unpaired) electrons. The summed E-state index contributed by atoms with van der Waals surface area (Å²) in [6, 6.07) is 8.19. The van der Waals surface area contributed by atoms with Gasteiger partial charge in [0.05, 0.1) is 7.11 Å². The summed E-state index contributed by atoms with van der Waals surface area (Å²) in [4.78, 5) is 0. The molecule has 0 bridgehead atoms. The Hall–Kier alpha value is -1.28. The standard InChI is InChI=1S/C14H19NO/c1-16-14-6-4-12(5-7-14)2-3-13-8-10-15-11-9-13/h2-7,13,15H,8-11H2,1H3. The third-order valence-electron chi connectivity index (χ3n) is 3.06. The van der Waals surface area contributed by atoms with Crippen molar-refractivity contribution in [1.82, 2.24) is 5.32 Å². The first-order valence-corrected chi connectivity index (χ1v) is 5.91. The molecule has 1 aliphatic heterocycles. The first-order valence-electron chi connectivity index (χ1n) is 5.91. The number of methoxy groups -OCH3 is 1. The molecule has 1 aromatic carbocycles. The van der Waals surface area contributed by atoms with Gasteiger partial charge in [-0.2, -0.15) is 0 Å². The Morgan fingerprint density at radius 3 is 2.50 bits per heavy atom. The molecule has 1 fully saturated rings. The van der Waals surface area contributed by atoms with Crippen LogP contribution in [-0.2, 0) is 0 Å². The average Bonchev–Trinajstić information content (AvgIpc) is 2.38. The van der Waals surface area contributed by atoms with Crippen LogP contribution in [-0.4, -0.2) is 20.2 Å². The van der Waals surface area contributed by atoms with E-state index in [0.717, 1.165) is 24.8 Å². The fraction of sp³-hybridized carbons (Fsp3) is 0.429. The van der Waals surface area contributed by atoms with Gasteiger partial charge in [-0.25, -0.2) is 0 Å². The highest BCUT2D eigenvalue weighted by Crippen LogP contribution is 2.17. The van der Waals surface area contributed by atoms with Crippen LogP contribution in [0.15, 0.2) is 30.3 Å². The minimum Gasteiger partial charge on any atom is -0.497 e. The van der Waals surface area contributed by atoms with Gasteiger partial charge in [-0.3, -0.25) is 0 Å². The van der Waals surface area contributed by atoms with Crippen molar-refractivity contribution in [1.29, 1.82) is 0 Å². The van der Waals surface area contributed by atoms with Crippen LogP contribution in [0.2, 0.25) is 0 Å². The Labute approximate surface area is 97.3 Å². The minimum atomic E-state index is 0.739. The molecular formula is C14H19NO. The summed E-state index contributed by atoms with van der Waals surface area (Å²) < 4.78 is 5.13. The number of nitrogens with one attached hydrogen (secondary N) is 1. The molecule has 2 rings (SSSR count). The summed E-state index contributed by atoms with van der Waals surface area (Å²) in [5, 5.41) is 3.38. The third-order valence-corrected chi connectivity index (χ3v) is 3.06. The molecular weight excluding hydrogens is 198 g/mol. The maximum Gasteiger partial charge on any atom is 0.118 e. The number of benzene rings is 1. The lowest BCUT2D eigenvalue weighted by molar-refractivity contribution is 0.415. The van der Waals surface area contributed by atoms with E-state index < -0.39 is 0 Å². The smallest absolute Gasteiger partial charge is 0.118 e. The largest absolute Gasteiger partial charge is 0.497 e. The monoisotopic (exact) mass is 217 g/mol. The van der Waals surface area contributed by atoms with Crippen molar-refractivity contribution in [3.8, 4) is 5.75 Å².